The Morgan fingerprint density at radius 1 is 1.00 bits per heavy atom. The summed E-state index contributed by atoms with van der Waals surface area (Å²) in [6.45, 7) is 3.16. The maximum absolute atomic E-state index is 12.9. The van der Waals surface area contributed by atoms with Gasteiger partial charge < -0.3 is 10.0 Å². The molecule has 3 nitrogen and oxygen atoms in total. The molecule has 1 N–H and O–H groups in total. The first-order chi connectivity index (χ1) is 9.68. The Labute approximate surface area is 122 Å². The molecular weight excluding hydrogens is 250 g/mol. The van der Waals surface area contributed by atoms with Crippen LogP contribution in [0.4, 0.5) is 0 Å². The number of aliphatic hydroxyl groups excluding tert-OH is 1. The number of nitrogens with zero attached hydrogens (tertiary/aromatic N) is 1. The molecule has 5 atom stereocenters. The molecule has 2 saturated carbocycles. The highest BCUT2D eigenvalue weighted by Gasteiger charge is 2.42. The summed E-state index contributed by atoms with van der Waals surface area (Å²) in [5, 5.41) is 10.2. The van der Waals surface area contributed by atoms with Crippen LogP contribution in [0.3, 0.4) is 0 Å². The molecule has 20 heavy (non-hydrogen) atoms. The average molecular weight is 279 g/mol. The van der Waals surface area contributed by atoms with E-state index in [9.17, 15) is 9.90 Å². The van der Waals surface area contributed by atoms with Crippen molar-refractivity contribution in [2.24, 2.45) is 17.8 Å². The normalized spacial score (nSPS) is 42.1. The van der Waals surface area contributed by atoms with E-state index < -0.39 is 0 Å². The van der Waals surface area contributed by atoms with Crippen LogP contribution >= 0.6 is 0 Å². The molecule has 3 rings (SSSR count). The topological polar surface area (TPSA) is 40.5 Å². The van der Waals surface area contributed by atoms with Crippen LogP contribution in [0.2, 0.25) is 0 Å². The van der Waals surface area contributed by atoms with Crippen LogP contribution in [0.5, 0.6) is 0 Å². The molecule has 114 valence electrons. The molecule has 5 unspecified atom stereocenters. The number of rotatable bonds is 2. The third-order valence-corrected chi connectivity index (χ3v) is 6.04. The Balaban J connectivity index is 1.73. The third-order valence-electron chi connectivity index (χ3n) is 6.04. The second-order valence-electron chi connectivity index (χ2n) is 7.27. The van der Waals surface area contributed by atoms with Gasteiger partial charge in [0.25, 0.3) is 0 Å². The van der Waals surface area contributed by atoms with Crippen LogP contribution in [0.25, 0.3) is 0 Å². The van der Waals surface area contributed by atoms with E-state index in [0.717, 1.165) is 45.1 Å². The second-order valence-corrected chi connectivity index (χ2v) is 7.27. The van der Waals surface area contributed by atoms with Gasteiger partial charge in [-0.25, -0.2) is 0 Å². The van der Waals surface area contributed by atoms with Gasteiger partial charge in [-0.2, -0.15) is 0 Å². The summed E-state index contributed by atoms with van der Waals surface area (Å²) < 4.78 is 0. The van der Waals surface area contributed by atoms with Crippen molar-refractivity contribution in [1.82, 2.24) is 4.90 Å². The zero-order valence-corrected chi connectivity index (χ0v) is 12.8. The van der Waals surface area contributed by atoms with Crippen LogP contribution in [0.1, 0.15) is 64.7 Å². The summed E-state index contributed by atoms with van der Waals surface area (Å²) in [4.78, 5) is 15.1. The van der Waals surface area contributed by atoms with Gasteiger partial charge in [-0.15, -0.1) is 0 Å². The molecule has 0 aromatic carbocycles. The first-order valence-electron chi connectivity index (χ1n) is 8.67. The Bertz CT molecular complexity index is 357. The Hall–Kier alpha value is -0.570. The molecular formula is C17H29NO2. The minimum atomic E-state index is -0.172. The van der Waals surface area contributed by atoms with Gasteiger partial charge in [0.1, 0.15) is 0 Å². The van der Waals surface area contributed by atoms with Gasteiger partial charge in [0.2, 0.25) is 5.91 Å². The van der Waals surface area contributed by atoms with Crippen molar-refractivity contribution in [2.75, 3.05) is 6.54 Å². The molecule has 2 aliphatic carbocycles. The Morgan fingerprint density at radius 2 is 1.80 bits per heavy atom. The van der Waals surface area contributed by atoms with Gasteiger partial charge in [0.15, 0.2) is 0 Å². The van der Waals surface area contributed by atoms with Gasteiger partial charge in [-0.05, 0) is 50.9 Å². The number of carbonyl (C=O) groups excluding carboxylic acids is 1. The van der Waals surface area contributed by atoms with Crippen molar-refractivity contribution < 1.29 is 9.90 Å². The maximum Gasteiger partial charge on any atom is 0.226 e. The Kier molecular flexibility index (Phi) is 4.34. The molecule has 0 aromatic heterocycles. The van der Waals surface area contributed by atoms with E-state index >= 15 is 0 Å². The molecule has 1 heterocycles. The number of amides is 1. The fourth-order valence-corrected chi connectivity index (χ4v) is 4.82. The SMILES string of the molecule is CC1CCCC1C(=O)N1CCCCC1C1CCCC1O. The van der Waals surface area contributed by atoms with E-state index in [4.69, 9.17) is 0 Å². The first-order valence-corrected chi connectivity index (χ1v) is 8.67. The molecule has 3 aliphatic rings. The molecule has 1 aliphatic heterocycles. The number of hydrogen-bond donors (Lipinski definition) is 1. The standard InChI is InChI=1S/C17H29NO2/c1-12-6-4-7-13(12)17(20)18-11-3-2-9-15(18)14-8-5-10-16(14)19/h12-16,19H,2-11H2,1H3. The highest BCUT2D eigenvalue weighted by Crippen LogP contribution is 2.38. The summed E-state index contributed by atoms with van der Waals surface area (Å²) in [6, 6.07) is 0.321. The van der Waals surface area contributed by atoms with Crippen LogP contribution in [-0.4, -0.2) is 34.6 Å². The zero-order chi connectivity index (χ0) is 14.1. The van der Waals surface area contributed by atoms with Crippen LogP contribution < -0.4 is 0 Å². The summed E-state index contributed by atoms with van der Waals surface area (Å²) in [5.41, 5.74) is 0. The van der Waals surface area contributed by atoms with Crippen molar-refractivity contribution in [1.29, 1.82) is 0 Å². The van der Waals surface area contributed by atoms with Crippen molar-refractivity contribution >= 4 is 5.91 Å². The molecule has 0 spiro atoms. The number of carbonyl (C=O) groups is 1. The highest BCUT2D eigenvalue weighted by atomic mass is 16.3. The lowest BCUT2D eigenvalue weighted by Crippen LogP contribution is -2.51. The zero-order valence-electron chi connectivity index (χ0n) is 12.8. The van der Waals surface area contributed by atoms with E-state index in [1.165, 1.54) is 19.3 Å². The molecule has 1 amide bonds. The predicted octanol–water partition coefficient (Wildman–Crippen LogP) is 2.96. The first kappa shape index (κ1) is 14.4. The van der Waals surface area contributed by atoms with Crippen LogP contribution in [0.15, 0.2) is 0 Å². The van der Waals surface area contributed by atoms with Crippen molar-refractivity contribution in [3.63, 3.8) is 0 Å². The van der Waals surface area contributed by atoms with Gasteiger partial charge in [0.05, 0.1) is 6.10 Å². The van der Waals surface area contributed by atoms with E-state index in [1.807, 2.05) is 0 Å². The van der Waals surface area contributed by atoms with E-state index in [2.05, 4.69) is 11.8 Å². The van der Waals surface area contributed by atoms with Gasteiger partial charge in [-0.3, -0.25) is 4.79 Å². The lowest BCUT2D eigenvalue weighted by molar-refractivity contribution is -0.142. The second kappa shape index (κ2) is 6.05. The Morgan fingerprint density at radius 3 is 2.45 bits per heavy atom. The van der Waals surface area contributed by atoms with Gasteiger partial charge >= 0.3 is 0 Å². The minimum Gasteiger partial charge on any atom is -0.393 e. The minimum absolute atomic E-state index is 0.172. The average Bonchev–Trinajstić information content (AvgIpc) is 3.06. The van der Waals surface area contributed by atoms with Gasteiger partial charge in [0, 0.05) is 24.4 Å². The maximum atomic E-state index is 12.9. The highest BCUT2D eigenvalue weighted by molar-refractivity contribution is 5.80. The predicted molar refractivity (Wildman–Crippen MR) is 79.2 cm³/mol. The quantitative estimate of drug-likeness (QED) is 0.844. The number of hydrogen-bond acceptors (Lipinski definition) is 2. The molecule has 0 aromatic rings. The van der Waals surface area contributed by atoms with Crippen molar-refractivity contribution in [2.45, 2.75) is 76.9 Å². The lowest BCUT2D eigenvalue weighted by atomic mass is 9.86. The fourth-order valence-electron chi connectivity index (χ4n) is 4.82. The lowest BCUT2D eigenvalue weighted by Gasteiger charge is -2.42. The van der Waals surface area contributed by atoms with E-state index in [1.54, 1.807) is 0 Å². The number of aliphatic hydroxyl groups is 1. The third kappa shape index (κ3) is 2.61. The van der Waals surface area contributed by atoms with E-state index in [0.29, 0.717) is 23.8 Å². The summed E-state index contributed by atoms with van der Waals surface area (Å²) >= 11 is 0. The number of piperidine rings is 1. The molecule has 0 radical (unpaired) electrons. The summed E-state index contributed by atoms with van der Waals surface area (Å²) in [6.07, 6.45) is 9.97. The van der Waals surface area contributed by atoms with E-state index in [-0.39, 0.29) is 12.0 Å². The summed E-state index contributed by atoms with van der Waals surface area (Å²) in [7, 11) is 0. The molecule has 3 fully saturated rings. The van der Waals surface area contributed by atoms with Gasteiger partial charge in [-0.1, -0.05) is 19.8 Å². The van der Waals surface area contributed by atoms with Crippen LogP contribution in [-0.2, 0) is 4.79 Å². The fraction of sp³-hybridized carbons (Fsp3) is 0.941. The van der Waals surface area contributed by atoms with Crippen LogP contribution in [0, 0.1) is 17.8 Å². The van der Waals surface area contributed by atoms with Crippen molar-refractivity contribution in [3.05, 3.63) is 0 Å². The number of likely N-dealkylation sites (tertiary alicyclic amines) is 1. The molecule has 3 heteroatoms. The summed E-state index contributed by atoms with van der Waals surface area (Å²) in [5.74, 6) is 1.56. The smallest absolute Gasteiger partial charge is 0.226 e. The molecule has 1 saturated heterocycles. The van der Waals surface area contributed by atoms with Crippen molar-refractivity contribution in [3.8, 4) is 0 Å². The largest absolute Gasteiger partial charge is 0.393 e. The molecule has 0 bridgehead atoms. The monoisotopic (exact) mass is 279 g/mol.